The lowest BCUT2D eigenvalue weighted by molar-refractivity contribution is 0.827. The van der Waals surface area contributed by atoms with Gasteiger partial charge in [-0.2, -0.15) is 0 Å². The number of hydrogen-bond donors (Lipinski definition) is 2. The lowest BCUT2D eigenvalue weighted by Gasteiger charge is -2.04. The molecule has 0 radical (unpaired) electrons. The van der Waals surface area contributed by atoms with Gasteiger partial charge in [-0.1, -0.05) is 12.1 Å². The van der Waals surface area contributed by atoms with Crippen LogP contribution in [-0.4, -0.2) is 14.5 Å². The van der Waals surface area contributed by atoms with E-state index >= 15 is 0 Å². The van der Waals surface area contributed by atoms with Gasteiger partial charge in [-0.3, -0.25) is 0 Å². The molecule has 5 rings (SSSR count). The summed E-state index contributed by atoms with van der Waals surface area (Å²) in [6.07, 6.45) is 3.94. The van der Waals surface area contributed by atoms with Gasteiger partial charge in [0.15, 0.2) is 0 Å². The molecule has 2 N–H and O–H groups in total. The molecule has 0 bridgehead atoms. The van der Waals surface area contributed by atoms with Gasteiger partial charge in [-0.15, -0.1) is 0 Å². The molecule has 0 saturated carbocycles. The van der Waals surface area contributed by atoms with E-state index in [1.54, 1.807) is 0 Å². The van der Waals surface area contributed by atoms with E-state index in [1.165, 1.54) is 32.9 Å². The number of hydrogen-bond acceptors (Lipinski definition) is 0. The molecular formula is C22H19N3. The largest absolute Gasteiger partial charge is 0.361 e. The van der Waals surface area contributed by atoms with E-state index in [0.717, 1.165) is 17.9 Å². The summed E-state index contributed by atoms with van der Waals surface area (Å²) in [6, 6.07) is 21.8. The first-order valence-corrected chi connectivity index (χ1v) is 8.68. The van der Waals surface area contributed by atoms with Crippen LogP contribution < -0.4 is 0 Å². The molecule has 3 heterocycles. The van der Waals surface area contributed by atoms with Crippen LogP contribution in [0.25, 0.3) is 44.3 Å². The Kier molecular flexibility index (Phi) is 3.07. The Morgan fingerprint density at radius 2 is 1.24 bits per heavy atom. The van der Waals surface area contributed by atoms with Crippen molar-refractivity contribution in [3.8, 4) is 22.5 Å². The molecular weight excluding hydrogens is 306 g/mol. The number of aromatic nitrogens is 3. The fraction of sp³-hybridized carbons (Fsp3) is 0.0909. The molecule has 3 nitrogen and oxygen atoms in total. The van der Waals surface area contributed by atoms with Crippen LogP contribution in [0.3, 0.4) is 0 Å². The highest BCUT2D eigenvalue weighted by molar-refractivity contribution is 6.10. The standard InChI is InChI=1S/C22H19N3/c1-2-25-21-9-7-15(19-5-3-11-23-19)13-17(21)18-14-16(8-10-22(18)25)20-6-4-12-24-20/h3-14,23-24H,2H2,1H3. The van der Waals surface area contributed by atoms with Crippen LogP contribution >= 0.6 is 0 Å². The molecule has 0 saturated heterocycles. The van der Waals surface area contributed by atoms with Crippen molar-refractivity contribution in [2.75, 3.05) is 0 Å². The highest BCUT2D eigenvalue weighted by Gasteiger charge is 2.12. The Hall–Kier alpha value is -3.20. The second-order valence-electron chi connectivity index (χ2n) is 6.38. The molecule has 0 aliphatic carbocycles. The number of nitrogens with one attached hydrogen (secondary N) is 2. The zero-order valence-corrected chi connectivity index (χ0v) is 14.1. The molecule has 0 aliphatic heterocycles. The van der Waals surface area contributed by atoms with E-state index in [0.29, 0.717) is 0 Å². The molecule has 5 aromatic rings. The Labute approximate surface area is 145 Å². The molecule has 0 amide bonds. The van der Waals surface area contributed by atoms with E-state index in [4.69, 9.17) is 0 Å². The number of rotatable bonds is 3. The van der Waals surface area contributed by atoms with Crippen molar-refractivity contribution >= 4 is 21.8 Å². The number of benzene rings is 2. The van der Waals surface area contributed by atoms with Crippen LogP contribution in [0.4, 0.5) is 0 Å². The summed E-state index contributed by atoms with van der Waals surface area (Å²) in [5.74, 6) is 0. The van der Waals surface area contributed by atoms with Crippen molar-refractivity contribution in [2.24, 2.45) is 0 Å². The molecule has 0 spiro atoms. The fourth-order valence-corrected chi connectivity index (χ4v) is 3.80. The minimum absolute atomic E-state index is 0.962. The van der Waals surface area contributed by atoms with Crippen LogP contribution in [0, 0.1) is 0 Å². The summed E-state index contributed by atoms with van der Waals surface area (Å²) in [6.45, 7) is 3.17. The minimum Gasteiger partial charge on any atom is -0.361 e. The van der Waals surface area contributed by atoms with Gasteiger partial charge in [0.25, 0.3) is 0 Å². The average Bonchev–Trinajstić information content (AvgIpc) is 3.40. The summed E-state index contributed by atoms with van der Waals surface area (Å²) in [4.78, 5) is 6.62. The zero-order valence-electron chi connectivity index (χ0n) is 14.1. The van der Waals surface area contributed by atoms with Gasteiger partial charge in [0.2, 0.25) is 0 Å². The quantitative estimate of drug-likeness (QED) is 0.420. The Morgan fingerprint density at radius 3 is 1.64 bits per heavy atom. The van der Waals surface area contributed by atoms with Crippen molar-refractivity contribution < 1.29 is 0 Å². The van der Waals surface area contributed by atoms with E-state index in [1.807, 2.05) is 24.5 Å². The topological polar surface area (TPSA) is 36.5 Å². The summed E-state index contributed by atoms with van der Waals surface area (Å²) in [7, 11) is 0. The van der Waals surface area contributed by atoms with Gasteiger partial charge in [-0.25, -0.2) is 0 Å². The van der Waals surface area contributed by atoms with Crippen molar-refractivity contribution in [1.82, 2.24) is 14.5 Å². The summed E-state index contributed by atoms with van der Waals surface area (Å²) < 4.78 is 2.39. The van der Waals surface area contributed by atoms with Crippen LogP contribution in [0.5, 0.6) is 0 Å². The third-order valence-corrected chi connectivity index (χ3v) is 5.00. The Bertz CT molecular complexity index is 1070. The average molecular weight is 325 g/mol. The van der Waals surface area contributed by atoms with Crippen LogP contribution in [0.2, 0.25) is 0 Å². The van der Waals surface area contributed by atoms with E-state index < -0.39 is 0 Å². The summed E-state index contributed by atoms with van der Waals surface area (Å²) in [5.41, 5.74) is 7.32. The highest BCUT2D eigenvalue weighted by atomic mass is 15.0. The predicted octanol–water partition coefficient (Wildman–Crippen LogP) is 5.80. The van der Waals surface area contributed by atoms with Gasteiger partial charge in [0, 0.05) is 52.1 Å². The lowest BCUT2D eigenvalue weighted by Crippen LogP contribution is -1.92. The zero-order chi connectivity index (χ0) is 16.8. The molecule has 2 aromatic carbocycles. The SMILES string of the molecule is CCn1c2ccc(-c3ccc[nH]3)cc2c2cc(-c3ccc[nH]3)ccc21. The number of aromatic amines is 2. The van der Waals surface area contributed by atoms with Gasteiger partial charge in [0.1, 0.15) is 0 Å². The van der Waals surface area contributed by atoms with Gasteiger partial charge in [-0.05, 0) is 66.6 Å². The maximum Gasteiger partial charge on any atom is 0.0491 e. The first-order valence-electron chi connectivity index (χ1n) is 8.68. The van der Waals surface area contributed by atoms with Crippen LogP contribution in [-0.2, 0) is 6.54 Å². The van der Waals surface area contributed by atoms with Crippen LogP contribution in [0.15, 0.2) is 73.1 Å². The number of aryl methyl sites for hydroxylation is 1. The molecule has 0 aliphatic rings. The smallest absolute Gasteiger partial charge is 0.0491 e. The van der Waals surface area contributed by atoms with E-state index in [9.17, 15) is 0 Å². The van der Waals surface area contributed by atoms with Crippen LogP contribution in [0.1, 0.15) is 6.92 Å². The lowest BCUT2D eigenvalue weighted by atomic mass is 10.0. The molecule has 3 heteroatoms. The fourth-order valence-electron chi connectivity index (χ4n) is 3.80. The summed E-state index contributed by atoms with van der Waals surface area (Å²) >= 11 is 0. The molecule has 3 aromatic heterocycles. The molecule has 0 unspecified atom stereocenters. The maximum atomic E-state index is 3.31. The molecule has 122 valence electrons. The van der Waals surface area contributed by atoms with Gasteiger partial charge < -0.3 is 14.5 Å². The van der Waals surface area contributed by atoms with Gasteiger partial charge >= 0.3 is 0 Å². The second-order valence-corrected chi connectivity index (χ2v) is 6.38. The number of fused-ring (bicyclic) bond motifs is 3. The van der Waals surface area contributed by atoms with Crippen molar-refractivity contribution in [1.29, 1.82) is 0 Å². The number of H-pyrrole nitrogens is 2. The van der Waals surface area contributed by atoms with Gasteiger partial charge in [0.05, 0.1) is 0 Å². The first kappa shape index (κ1) is 14.2. The molecule has 25 heavy (non-hydrogen) atoms. The van der Waals surface area contributed by atoms with Crippen molar-refractivity contribution in [3.63, 3.8) is 0 Å². The third-order valence-electron chi connectivity index (χ3n) is 5.00. The first-order chi connectivity index (χ1) is 12.3. The highest BCUT2D eigenvalue weighted by Crippen LogP contribution is 2.34. The summed E-state index contributed by atoms with van der Waals surface area (Å²) in [5, 5.41) is 2.61. The third kappa shape index (κ3) is 2.13. The second kappa shape index (κ2) is 5.42. The van der Waals surface area contributed by atoms with E-state index in [-0.39, 0.29) is 0 Å². The Morgan fingerprint density at radius 1 is 0.720 bits per heavy atom. The molecule has 0 fully saturated rings. The monoisotopic (exact) mass is 325 g/mol. The number of nitrogens with zero attached hydrogens (tertiary/aromatic N) is 1. The van der Waals surface area contributed by atoms with E-state index in [2.05, 4.69) is 70.0 Å². The predicted molar refractivity (Wildman–Crippen MR) is 105 cm³/mol. The van der Waals surface area contributed by atoms with Crippen molar-refractivity contribution in [2.45, 2.75) is 13.5 Å². The maximum absolute atomic E-state index is 3.31. The molecule has 0 atom stereocenters. The normalized spacial score (nSPS) is 11.6. The minimum atomic E-state index is 0.962. The Balaban J connectivity index is 1.82. The van der Waals surface area contributed by atoms with Crippen molar-refractivity contribution in [3.05, 3.63) is 73.1 Å².